The Labute approximate surface area is 104 Å². The summed E-state index contributed by atoms with van der Waals surface area (Å²) in [6.07, 6.45) is 3.81. The molecule has 0 radical (unpaired) electrons. The van der Waals surface area contributed by atoms with E-state index in [0.29, 0.717) is 17.8 Å². The summed E-state index contributed by atoms with van der Waals surface area (Å²) in [6, 6.07) is 2.37. The highest BCUT2D eigenvalue weighted by molar-refractivity contribution is 5.17. The molecule has 0 fully saturated rings. The van der Waals surface area contributed by atoms with Crippen molar-refractivity contribution in [2.24, 2.45) is 0 Å². The van der Waals surface area contributed by atoms with E-state index in [1.165, 1.54) is 0 Å². The van der Waals surface area contributed by atoms with Crippen LogP contribution in [0.15, 0.2) is 12.4 Å². The molecule has 2 unspecified atom stereocenters. The Hall–Kier alpha value is -1.16. The molecule has 0 aliphatic rings. The zero-order chi connectivity index (χ0) is 12.7. The van der Waals surface area contributed by atoms with E-state index in [2.05, 4.69) is 36.1 Å². The van der Waals surface area contributed by atoms with Crippen molar-refractivity contribution in [3.8, 4) is 5.88 Å². The third kappa shape index (κ3) is 3.97. The van der Waals surface area contributed by atoms with Gasteiger partial charge in [-0.3, -0.25) is 0 Å². The van der Waals surface area contributed by atoms with Gasteiger partial charge < -0.3 is 10.1 Å². The van der Waals surface area contributed by atoms with Gasteiger partial charge in [-0.25, -0.2) is 9.97 Å². The van der Waals surface area contributed by atoms with Crippen molar-refractivity contribution in [2.45, 2.75) is 45.6 Å². The predicted molar refractivity (Wildman–Crippen MR) is 69.4 cm³/mol. The van der Waals surface area contributed by atoms with E-state index in [4.69, 9.17) is 4.74 Å². The molecule has 4 heteroatoms. The lowest BCUT2D eigenvalue weighted by molar-refractivity contribution is 0.391. The Bertz CT molecular complexity index is 330. The van der Waals surface area contributed by atoms with E-state index in [-0.39, 0.29) is 0 Å². The number of hydrogen-bond donors (Lipinski definition) is 1. The predicted octanol–water partition coefficient (Wildman–Crippen LogP) is 2.37. The fourth-order valence-electron chi connectivity index (χ4n) is 1.92. The third-order valence-electron chi connectivity index (χ3n) is 3.04. The van der Waals surface area contributed by atoms with Gasteiger partial charge >= 0.3 is 0 Å². The van der Waals surface area contributed by atoms with Crippen LogP contribution in [0.25, 0.3) is 0 Å². The van der Waals surface area contributed by atoms with E-state index in [0.717, 1.165) is 25.1 Å². The van der Waals surface area contributed by atoms with Crippen molar-refractivity contribution in [3.05, 3.63) is 18.1 Å². The van der Waals surface area contributed by atoms with E-state index >= 15 is 0 Å². The van der Waals surface area contributed by atoms with Crippen molar-refractivity contribution in [2.75, 3.05) is 13.7 Å². The molecule has 0 amide bonds. The SMILES string of the molecule is CCCNC(CC)C(C)c1cc(OC)ncn1. The van der Waals surface area contributed by atoms with Gasteiger partial charge in [0.05, 0.1) is 12.8 Å². The van der Waals surface area contributed by atoms with Crippen LogP contribution in [-0.2, 0) is 0 Å². The number of nitrogens with zero attached hydrogens (tertiary/aromatic N) is 2. The Kier molecular flexibility index (Phi) is 5.91. The molecular formula is C13H23N3O. The molecule has 0 spiro atoms. The zero-order valence-electron chi connectivity index (χ0n) is 11.2. The van der Waals surface area contributed by atoms with Crippen molar-refractivity contribution in [1.29, 1.82) is 0 Å². The van der Waals surface area contributed by atoms with Gasteiger partial charge in [-0.05, 0) is 19.4 Å². The second-order valence-corrected chi connectivity index (χ2v) is 4.24. The molecule has 1 heterocycles. The Morgan fingerprint density at radius 2 is 2.12 bits per heavy atom. The molecule has 0 saturated heterocycles. The largest absolute Gasteiger partial charge is 0.481 e. The molecule has 4 nitrogen and oxygen atoms in total. The van der Waals surface area contributed by atoms with Gasteiger partial charge in [0.25, 0.3) is 0 Å². The monoisotopic (exact) mass is 237 g/mol. The topological polar surface area (TPSA) is 47.0 Å². The molecule has 0 aromatic carbocycles. The fourth-order valence-corrected chi connectivity index (χ4v) is 1.92. The highest BCUT2D eigenvalue weighted by Gasteiger charge is 2.18. The Morgan fingerprint density at radius 3 is 2.71 bits per heavy atom. The molecule has 0 aliphatic heterocycles. The zero-order valence-corrected chi connectivity index (χ0v) is 11.2. The average Bonchev–Trinajstić information content (AvgIpc) is 2.39. The van der Waals surface area contributed by atoms with Crippen LogP contribution in [0.3, 0.4) is 0 Å². The number of nitrogens with one attached hydrogen (secondary N) is 1. The smallest absolute Gasteiger partial charge is 0.216 e. The van der Waals surface area contributed by atoms with Gasteiger partial charge in [0, 0.05) is 18.0 Å². The molecule has 1 rings (SSSR count). The summed E-state index contributed by atoms with van der Waals surface area (Å²) in [6.45, 7) is 7.62. The lowest BCUT2D eigenvalue weighted by atomic mass is 9.95. The van der Waals surface area contributed by atoms with Crippen LogP contribution < -0.4 is 10.1 Å². The van der Waals surface area contributed by atoms with Crippen LogP contribution in [-0.4, -0.2) is 29.7 Å². The van der Waals surface area contributed by atoms with Crippen molar-refractivity contribution >= 4 is 0 Å². The van der Waals surface area contributed by atoms with Crippen LogP contribution in [0, 0.1) is 0 Å². The molecule has 2 atom stereocenters. The van der Waals surface area contributed by atoms with Crippen LogP contribution >= 0.6 is 0 Å². The van der Waals surface area contributed by atoms with E-state index in [9.17, 15) is 0 Å². The molecule has 1 aromatic heterocycles. The summed E-state index contributed by atoms with van der Waals surface area (Å²) in [5, 5.41) is 3.55. The van der Waals surface area contributed by atoms with E-state index < -0.39 is 0 Å². The average molecular weight is 237 g/mol. The van der Waals surface area contributed by atoms with Crippen LogP contribution in [0.4, 0.5) is 0 Å². The lowest BCUT2D eigenvalue weighted by Crippen LogP contribution is -2.34. The quantitative estimate of drug-likeness (QED) is 0.791. The second-order valence-electron chi connectivity index (χ2n) is 4.24. The lowest BCUT2D eigenvalue weighted by Gasteiger charge is -2.23. The van der Waals surface area contributed by atoms with Crippen LogP contribution in [0.2, 0.25) is 0 Å². The first kappa shape index (κ1) is 13.9. The fraction of sp³-hybridized carbons (Fsp3) is 0.692. The van der Waals surface area contributed by atoms with E-state index in [1.807, 2.05) is 6.07 Å². The summed E-state index contributed by atoms with van der Waals surface area (Å²) in [5.74, 6) is 0.996. The maximum absolute atomic E-state index is 5.13. The number of aromatic nitrogens is 2. The Morgan fingerprint density at radius 1 is 1.35 bits per heavy atom. The standard InChI is InChI=1S/C13H23N3O/c1-5-7-14-11(6-2)10(3)12-8-13(17-4)16-9-15-12/h8-11,14H,5-7H2,1-4H3. The minimum absolute atomic E-state index is 0.364. The molecule has 1 aromatic rings. The molecule has 0 aliphatic carbocycles. The summed E-state index contributed by atoms with van der Waals surface area (Å²) in [7, 11) is 1.63. The van der Waals surface area contributed by atoms with Gasteiger partial charge in [0.1, 0.15) is 6.33 Å². The van der Waals surface area contributed by atoms with Gasteiger partial charge in [0.2, 0.25) is 5.88 Å². The highest BCUT2D eigenvalue weighted by Crippen LogP contribution is 2.21. The number of hydrogen-bond acceptors (Lipinski definition) is 4. The number of rotatable bonds is 7. The number of methoxy groups -OCH3 is 1. The summed E-state index contributed by atoms with van der Waals surface area (Å²) < 4.78 is 5.13. The van der Waals surface area contributed by atoms with Gasteiger partial charge in [-0.1, -0.05) is 20.8 Å². The van der Waals surface area contributed by atoms with Crippen molar-refractivity contribution < 1.29 is 4.74 Å². The minimum Gasteiger partial charge on any atom is -0.481 e. The summed E-state index contributed by atoms with van der Waals surface area (Å²) in [5.41, 5.74) is 1.03. The summed E-state index contributed by atoms with van der Waals surface area (Å²) in [4.78, 5) is 8.37. The van der Waals surface area contributed by atoms with Crippen molar-refractivity contribution in [3.63, 3.8) is 0 Å². The molecule has 1 N–H and O–H groups in total. The van der Waals surface area contributed by atoms with Gasteiger partial charge in [0.15, 0.2) is 0 Å². The maximum atomic E-state index is 5.13. The van der Waals surface area contributed by atoms with Crippen LogP contribution in [0.1, 0.15) is 45.2 Å². The molecule has 17 heavy (non-hydrogen) atoms. The normalized spacial score (nSPS) is 14.4. The minimum atomic E-state index is 0.364. The van der Waals surface area contributed by atoms with Crippen molar-refractivity contribution in [1.82, 2.24) is 15.3 Å². The maximum Gasteiger partial charge on any atom is 0.216 e. The second kappa shape index (κ2) is 7.22. The van der Waals surface area contributed by atoms with Gasteiger partial charge in [-0.2, -0.15) is 0 Å². The first-order valence-corrected chi connectivity index (χ1v) is 6.32. The molecule has 0 saturated carbocycles. The summed E-state index contributed by atoms with van der Waals surface area (Å²) >= 11 is 0. The first-order valence-electron chi connectivity index (χ1n) is 6.32. The first-order chi connectivity index (χ1) is 8.22. The molecule has 0 bridgehead atoms. The highest BCUT2D eigenvalue weighted by atomic mass is 16.5. The molecular weight excluding hydrogens is 214 g/mol. The molecule has 96 valence electrons. The number of ether oxygens (including phenoxy) is 1. The van der Waals surface area contributed by atoms with E-state index in [1.54, 1.807) is 13.4 Å². The third-order valence-corrected chi connectivity index (χ3v) is 3.04. The van der Waals surface area contributed by atoms with Gasteiger partial charge in [-0.15, -0.1) is 0 Å². The Balaban J connectivity index is 2.74. The van der Waals surface area contributed by atoms with Crippen LogP contribution in [0.5, 0.6) is 5.88 Å².